The standard InChI is InChI=1S/C24H29ClN6O2/c1-24(14-21(32)31(23(26)29-24)17-8-12-33-13-9-17)18-4-2-5-19(22(18)25)28-16-6-7-20(27-15-16)30-10-3-11-30/h2,4-7,15,17,28H,3,8-14H2,1H3,(H2,26,29)/t24-/m0/s1. The Morgan fingerprint density at radius 1 is 1.24 bits per heavy atom. The van der Waals surface area contributed by atoms with Gasteiger partial charge in [-0.2, -0.15) is 0 Å². The first-order chi connectivity index (χ1) is 15.9. The van der Waals surface area contributed by atoms with Gasteiger partial charge in [0.25, 0.3) is 0 Å². The summed E-state index contributed by atoms with van der Waals surface area (Å²) in [6.45, 7) is 5.27. The first kappa shape index (κ1) is 22.0. The summed E-state index contributed by atoms with van der Waals surface area (Å²) in [5, 5.41) is 15.7. The number of anilines is 3. The normalized spacial score (nSPS) is 23.8. The maximum Gasteiger partial charge on any atom is 0.232 e. The first-order valence-electron chi connectivity index (χ1n) is 11.5. The predicted molar refractivity (Wildman–Crippen MR) is 129 cm³/mol. The van der Waals surface area contributed by atoms with Crippen LogP contribution in [0.3, 0.4) is 0 Å². The van der Waals surface area contributed by atoms with Crippen molar-refractivity contribution in [3.05, 3.63) is 47.1 Å². The van der Waals surface area contributed by atoms with Gasteiger partial charge < -0.3 is 20.3 Å². The second kappa shape index (κ2) is 8.83. The molecule has 1 amide bonds. The molecule has 3 aliphatic heterocycles. The van der Waals surface area contributed by atoms with Gasteiger partial charge in [-0.1, -0.05) is 23.7 Å². The maximum absolute atomic E-state index is 13.1. The highest BCUT2D eigenvalue weighted by molar-refractivity contribution is 6.34. The fourth-order valence-electron chi connectivity index (χ4n) is 4.77. The number of amides is 1. The molecular formula is C24H29ClN6O2. The van der Waals surface area contributed by atoms with Crippen molar-refractivity contribution in [1.82, 2.24) is 15.2 Å². The molecular weight excluding hydrogens is 440 g/mol. The summed E-state index contributed by atoms with van der Waals surface area (Å²) in [5.41, 5.74) is 1.59. The summed E-state index contributed by atoms with van der Waals surface area (Å²) in [7, 11) is 0. The number of nitrogens with zero attached hydrogens (tertiary/aromatic N) is 3. The van der Waals surface area contributed by atoms with Gasteiger partial charge in [-0.25, -0.2) is 4.98 Å². The number of pyridine rings is 1. The quantitative estimate of drug-likeness (QED) is 0.617. The minimum Gasteiger partial charge on any atom is -0.381 e. The molecule has 1 aromatic carbocycles. The van der Waals surface area contributed by atoms with Crippen LogP contribution >= 0.6 is 11.6 Å². The molecule has 0 aliphatic carbocycles. The Morgan fingerprint density at radius 3 is 2.67 bits per heavy atom. The molecule has 3 N–H and O–H groups in total. The lowest BCUT2D eigenvalue weighted by atomic mass is 9.85. The third-order valence-electron chi connectivity index (χ3n) is 6.76. The Labute approximate surface area is 198 Å². The molecule has 2 aromatic rings. The number of benzene rings is 1. The molecule has 8 nitrogen and oxygen atoms in total. The van der Waals surface area contributed by atoms with Gasteiger partial charge in [0, 0.05) is 32.3 Å². The summed E-state index contributed by atoms with van der Waals surface area (Å²) in [6, 6.07) is 9.74. The van der Waals surface area contributed by atoms with Gasteiger partial charge in [0.2, 0.25) is 5.91 Å². The Kier molecular flexibility index (Phi) is 5.88. The van der Waals surface area contributed by atoms with Crippen LogP contribution in [0.15, 0.2) is 36.5 Å². The van der Waals surface area contributed by atoms with Crippen LogP contribution in [0.25, 0.3) is 0 Å². The molecule has 0 radical (unpaired) electrons. The minimum absolute atomic E-state index is 0.00556. The van der Waals surface area contributed by atoms with Crippen molar-refractivity contribution in [3.63, 3.8) is 0 Å². The number of carbonyl (C=O) groups is 1. The largest absolute Gasteiger partial charge is 0.381 e. The number of hydrogen-bond donors (Lipinski definition) is 3. The van der Waals surface area contributed by atoms with E-state index in [2.05, 4.69) is 20.5 Å². The molecule has 3 fully saturated rings. The van der Waals surface area contributed by atoms with Crippen molar-refractivity contribution in [2.75, 3.05) is 36.5 Å². The van der Waals surface area contributed by atoms with Crippen LogP contribution in [0.5, 0.6) is 0 Å². The SMILES string of the molecule is C[C@@]1(c2cccc(Nc3ccc(N4CCC4)nc3)c2Cl)CC(=O)N(C2CCOCC2)C(=N)N1. The molecule has 9 heteroatoms. The Hall–Kier alpha value is -2.84. The van der Waals surface area contributed by atoms with Crippen molar-refractivity contribution < 1.29 is 9.53 Å². The molecule has 33 heavy (non-hydrogen) atoms. The predicted octanol–water partition coefficient (Wildman–Crippen LogP) is 3.84. The lowest BCUT2D eigenvalue weighted by molar-refractivity contribution is -0.133. The number of carbonyl (C=O) groups excluding carboxylic acids is 1. The highest BCUT2D eigenvalue weighted by Crippen LogP contribution is 2.39. The molecule has 0 bridgehead atoms. The Morgan fingerprint density at radius 2 is 2.03 bits per heavy atom. The number of ether oxygens (including phenoxy) is 1. The van der Waals surface area contributed by atoms with Crippen LogP contribution in [-0.4, -0.2) is 54.1 Å². The fourth-order valence-corrected chi connectivity index (χ4v) is 5.15. The van der Waals surface area contributed by atoms with E-state index >= 15 is 0 Å². The van der Waals surface area contributed by atoms with E-state index in [9.17, 15) is 4.79 Å². The van der Waals surface area contributed by atoms with Gasteiger partial charge in [-0.15, -0.1) is 0 Å². The molecule has 4 heterocycles. The van der Waals surface area contributed by atoms with Crippen LogP contribution in [0.4, 0.5) is 17.2 Å². The third-order valence-corrected chi connectivity index (χ3v) is 7.17. The first-order valence-corrected chi connectivity index (χ1v) is 11.9. The van der Waals surface area contributed by atoms with Crippen molar-refractivity contribution in [1.29, 1.82) is 5.41 Å². The molecule has 5 rings (SSSR count). The number of guanidine groups is 1. The van der Waals surface area contributed by atoms with Crippen LogP contribution in [-0.2, 0) is 15.1 Å². The van der Waals surface area contributed by atoms with Crippen LogP contribution in [0.2, 0.25) is 5.02 Å². The van der Waals surface area contributed by atoms with Crippen molar-refractivity contribution in [3.8, 4) is 0 Å². The van der Waals surface area contributed by atoms with E-state index in [0.717, 1.165) is 48.7 Å². The van der Waals surface area contributed by atoms with Gasteiger partial charge in [0.05, 0.1) is 34.6 Å². The molecule has 3 aliphatic rings. The number of hydrogen-bond acceptors (Lipinski definition) is 6. The van der Waals surface area contributed by atoms with E-state index in [1.165, 1.54) is 6.42 Å². The highest BCUT2D eigenvalue weighted by Gasteiger charge is 2.43. The molecule has 174 valence electrons. The van der Waals surface area contributed by atoms with E-state index in [4.69, 9.17) is 21.7 Å². The smallest absolute Gasteiger partial charge is 0.232 e. The van der Waals surface area contributed by atoms with Gasteiger partial charge in [-0.05, 0) is 49.9 Å². The summed E-state index contributed by atoms with van der Waals surface area (Å²) in [4.78, 5) is 21.5. The minimum atomic E-state index is -0.774. The van der Waals surface area contributed by atoms with Gasteiger partial charge in [0.15, 0.2) is 5.96 Å². The molecule has 0 unspecified atom stereocenters. The number of rotatable bonds is 5. The molecule has 0 saturated carbocycles. The van der Waals surface area contributed by atoms with E-state index in [0.29, 0.717) is 18.2 Å². The van der Waals surface area contributed by atoms with E-state index in [1.54, 1.807) is 4.90 Å². The van der Waals surface area contributed by atoms with E-state index in [1.807, 2.05) is 43.5 Å². The summed E-state index contributed by atoms with van der Waals surface area (Å²) < 4.78 is 5.42. The number of halogens is 1. The van der Waals surface area contributed by atoms with Crippen LogP contribution in [0, 0.1) is 5.41 Å². The molecule has 3 saturated heterocycles. The zero-order valence-electron chi connectivity index (χ0n) is 18.7. The van der Waals surface area contributed by atoms with Crippen molar-refractivity contribution >= 4 is 40.7 Å². The number of aromatic nitrogens is 1. The van der Waals surface area contributed by atoms with Gasteiger partial charge in [0.1, 0.15) is 5.82 Å². The molecule has 0 spiro atoms. The average Bonchev–Trinajstić information content (AvgIpc) is 2.75. The van der Waals surface area contributed by atoms with Gasteiger partial charge in [-0.3, -0.25) is 15.1 Å². The lowest BCUT2D eigenvalue weighted by Gasteiger charge is -2.45. The second-order valence-electron chi connectivity index (χ2n) is 9.13. The summed E-state index contributed by atoms with van der Waals surface area (Å²) in [6.07, 6.45) is 4.74. The monoisotopic (exact) mass is 468 g/mol. The number of nitrogens with one attached hydrogen (secondary N) is 3. The molecule has 1 atom stereocenters. The maximum atomic E-state index is 13.1. The summed E-state index contributed by atoms with van der Waals surface area (Å²) in [5.74, 6) is 1.05. The Bertz CT molecular complexity index is 1030. The van der Waals surface area contributed by atoms with Crippen molar-refractivity contribution in [2.45, 2.75) is 44.2 Å². The lowest BCUT2D eigenvalue weighted by Crippen LogP contribution is -2.62. The van der Waals surface area contributed by atoms with Crippen LogP contribution in [0.1, 0.15) is 38.2 Å². The zero-order valence-corrected chi connectivity index (χ0v) is 19.5. The third kappa shape index (κ3) is 4.25. The zero-order chi connectivity index (χ0) is 23.0. The fraction of sp³-hybridized carbons (Fsp3) is 0.458. The second-order valence-corrected chi connectivity index (χ2v) is 9.51. The average molecular weight is 469 g/mol. The summed E-state index contributed by atoms with van der Waals surface area (Å²) >= 11 is 6.83. The topological polar surface area (TPSA) is 93.6 Å². The Balaban J connectivity index is 1.34. The van der Waals surface area contributed by atoms with E-state index < -0.39 is 5.54 Å². The van der Waals surface area contributed by atoms with Gasteiger partial charge >= 0.3 is 0 Å². The highest BCUT2D eigenvalue weighted by atomic mass is 35.5. The van der Waals surface area contributed by atoms with Crippen molar-refractivity contribution in [2.24, 2.45) is 0 Å². The van der Waals surface area contributed by atoms with E-state index in [-0.39, 0.29) is 24.3 Å². The molecule has 1 aromatic heterocycles. The van der Waals surface area contributed by atoms with Crippen LogP contribution < -0.4 is 15.5 Å².